The number of hydrogen-bond donors (Lipinski definition) is 2. The monoisotopic (exact) mass is 270 g/mol. The van der Waals surface area contributed by atoms with Crippen LogP contribution in [0.3, 0.4) is 0 Å². The Morgan fingerprint density at radius 2 is 2.00 bits per heavy atom. The SMILES string of the molecule is COCCC1(CNC(=S)NC2CCCCC2)CC1. The Labute approximate surface area is 116 Å². The zero-order chi connectivity index (χ0) is 12.8. The van der Waals surface area contributed by atoms with Gasteiger partial charge in [0.15, 0.2) is 5.11 Å². The first-order valence-electron chi connectivity index (χ1n) is 7.27. The molecule has 3 nitrogen and oxygen atoms in total. The van der Waals surface area contributed by atoms with Crippen molar-refractivity contribution in [3.63, 3.8) is 0 Å². The van der Waals surface area contributed by atoms with Crippen LogP contribution in [-0.2, 0) is 4.74 Å². The van der Waals surface area contributed by atoms with Gasteiger partial charge >= 0.3 is 0 Å². The number of rotatable bonds is 6. The van der Waals surface area contributed by atoms with E-state index >= 15 is 0 Å². The van der Waals surface area contributed by atoms with Gasteiger partial charge in [-0.3, -0.25) is 0 Å². The lowest BCUT2D eigenvalue weighted by Gasteiger charge is -2.25. The van der Waals surface area contributed by atoms with E-state index in [9.17, 15) is 0 Å². The standard InChI is InChI=1S/C14H26N2OS/c1-17-10-9-14(7-8-14)11-15-13(18)16-12-5-3-2-4-6-12/h12H,2-11H2,1H3,(H2,15,16,18). The number of thiocarbonyl (C=S) groups is 1. The van der Waals surface area contributed by atoms with Crippen molar-refractivity contribution >= 4 is 17.3 Å². The molecule has 0 radical (unpaired) electrons. The first-order valence-corrected chi connectivity index (χ1v) is 7.68. The minimum atomic E-state index is 0.467. The Morgan fingerprint density at radius 1 is 1.28 bits per heavy atom. The van der Waals surface area contributed by atoms with Crippen LogP contribution in [-0.4, -0.2) is 31.4 Å². The molecule has 0 aromatic rings. The highest BCUT2D eigenvalue weighted by Gasteiger charge is 2.41. The maximum atomic E-state index is 5.39. The fraction of sp³-hybridized carbons (Fsp3) is 0.929. The summed E-state index contributed by atoms with van der Waals surface area (Å²) in [5.41, 5.74) is 0.467. The summed E-state index contributed by atoms with van der Waals surface area (Å²) in [7, 11) is 1.78. The van der Waals surface area contributed by atoms with Gasteiger partial charge in [0.1, 0.15) is 0 Å². The van der Waals surface area contributed by atoms with Gasteiger partial charge in [0.05, 0.1) is 0 Å². The predicted molar refractivity (Wildman–Crippen MR) is 78.8 cm³/mol. The van der Waals surface area contributed by atoms with Crippen LogP contribution < -0.4 is 10.6 Å². The van der Waals surface area contributed by atoms with Crippen LogP contribution in [0.25, 0.3) is 0 Å². The summed E-state index contributed by atoms with van der Waals surface area (Å²) < 4.78 is 5.17. The van der Waals surface area contributed by atoms with Crippen LogP contribution in [0.15, 0.2) is 0 Å². The molecule has 2 saturated carbocycles. The molecule has 104 valence electrons. The highest BCUT2D eigenvalue weighted by molar-refractivity contribution is 7.80. The lowest BCUT2D eigenvalue weighted by molar-refractivity contribution is 0.172. The fourth-order valence-corrected chi connectivity index (χ4v) is 3.00. The molecule has 18 heavy (non-hydrogen) atoms. The van der Waals surface area contributed by atoms with E-state index in [2.05, 4.69) is 10.6 Å². The molecule has 0 saturated heterocycles. The zero-order valence-electron chi connectivity index (χ0n) is 11.5. The van der Waals surface area contributed by atoms with Crippen molar-refractivity contribution in [2.45, 2.75) is 57.4 Å². The summed E-state index contributed by atoms with van der Waals surface area (Å²) in [5.74, 6) is 0. The third-order valence-corrected chi connectivity index (χ3v) is 4.62. The molecule has 0 bridgehead atoms. The van der Waals surface area contributed by atoms with Crippen LogP contribution in [0.4, 0.5) is 0 Å². The zero-order valence-corrected chi connectivity index (χ0v) is 12.3. The predicted octanol–water partition coefficient (Wildman–Crippen LogP) is 2.60. The van der Waals surface area contributed by atoms with Gasteiger partial charge in [0.25, 0.3) is 0 Å². The van der Waals surface area contributed by atoms with Crippen LogP contribution in [0.1, 0.15) is 51.4 Å². The van der Waals surface area contributed by atoms with Crippen LogP contribution in [0.2, 0.25) is 0 Å². The molecule has 0 spiro atoms. The summed E-state index contributed by atoms with van der Waals surface area (Å²) in [6.07, 6.45) is 10.4. The minimum Gasteiger partial charge on any atom is -0.385 e. The normalized spacial score (nSPS) is 22.5. The highest BCUT2D eigenvalue weighted by atomic mass is 32.1. The van der Waals surface area contributed by atoms with Crippen molar-refractivity contribution < 1.29 is 4.74 Å². The maximum absolute atomic E-state index is 5.39. The van der Waals surface area contributed by atoms with E-state index in [0.717, 1.165) is 24.7 Å². The number of hydrogen-bond acceptors (Lipinski definition) is 2. The van der Waals surface area contributed by atoms with E-state index in [0.29, 0.717) is 11.5 Å². The summed E-state index contributed by atoms with van der Waals surface area (Å²) in [6, 6.07) is 0.605. The van der Waals surface area contributed by atoms with Gasteiger partial charge in [-0.2, -0.15) is 0 Å². The average molecular weight is 270 g/mol. The van der Waals surface area contributed by atoms with E-state index in [-0.39, 0.29) is 0 Å². The fourth-order valence-electron chi connectivity index (χ4n) is 2.76. The molecule has 0 aliphatic heterocycles. The molecule has 0 unspecified atom stereocenters. The maximum Gasteiger partial charge on any atom is 0.166 e. The average Bonchev–Trinajstić information content (AvgIpc) is 3.16. The van der Waals surface area contributed by atoms with Crippen molar-refractivity contribution in [2.75, 3.05) is 20.3 Å². The molecule has 0 aromatic heterocycles. The Morgan fingerprint density at radius 3 is 2.61 bits per heavy atom. The van der Waals surface area contributed by atoms with Crippen LogP contribution >= 0.6 is 12.2 Å². The van der Waals surface area contributed by atoms with Crippen LogP contribution in [0.5, 0.6) is 0 Å². The Balaban J connectivity index is 1.62. The molecule has 2 fully saturated rings. The van der Waals surface area contributed by atoms with E-state index in [1.807, 2.05) is 0 Å². The van der Waals surface area contributed by atoms with Crippen molar-refractivity contribution in [1.82, 2.24) is 10.6 Å². The van der Waals surface area contributed by atoms with Crippen molar-refractivity contribution in [3.05, 3.63) is 0 Å². The molecule has 2 aliphatic carbocycles. The molecule has 2 aliphatic rings. The van der Waals surface area contributed by atoms with Gasteiger partial charge in [0.2, 0.25) is 0 Å². The Kier molecular flexibility index (Phi) is 5.25. The first kappa shape index (κ1) is 14.1. The number of ether oxygens (including phenoxy) is 1. The van der Waals surface area contributed by atoms with E-state index < -0.39 is 0 Å². The quantitative estimate of drug-likeness (QED) is 0.727. The lowest BCUT2D eigenvalue weighted by Crippen LogP contribution is -2.44. The third kappa shape index (κ3) is 4.39. The van der Waals surface area contributed by atoms with Gasteiger partial charge < -0.3 is 15.4 Å². The second-order valence-corrected chi connectivity index (χ2v) is 6.31. The molecule has 2 N–H and O–H groups in total. The van der Waals surface area contributed by atoms with Gasteiger partial charge in [-0.1, -0.05) is 19.3 Å². The van der Waals surface area contributed by atoms with Gasteiger partial charge in [-0.15, -0.1) is 0 Å². The topological polar surface area (TPSA) is 33.3 Å². The molecule has 0 heterocycles. The van der Waals surface area contributed by atoms with E-state index in [1.54, 1.807) is 7.11 Å². The van der Waals surface area contributed by atoms with Crippen LogP contribution in [0, 0.1) is 5.41 Å². The van der Waals surface area contributed by atoms with Crippen molar-refractivity contribution in [1.29, 1.82) is 0 Å². The molecule has 0 amide bonds. The molecule has 0 aromatic carbocycles. The summed E-state index contributed by atoms with van der Waals surface area (Å²) in [4.78, 5) is 0. The Hall–Kier alpha value is -0.350. The third-order valence-electron chi connectivity index (χ3n) is 4.36. The highest BCUT2D eigenvalue weighted by Crippen LogP contribution is 2.48. The molecular formula is C14H26N2OS. The number of nitrogens with one attached hydrogen (secondary N) is 2. The second-order valence-electron chi connectivity index (χ2n) is 5.90. The van der Waals surface area contributed by atoms with Gasteiger partial charge in [-0.25, -0.2) is 0 Å². The summed E-state index contributed by atoms with van der Waals surface area (Å²) >= 11 is 5.39. The molecule has 0 atom stereocenters. The second kappa shape index (κ2) is 6.71. The van der Waals surface area contributed by atoms with Gasteiger partial charge in [0, 0.05) is 26.3 Å². The Bertz CT molecular complexity index is 273. The van der Waals surface area contributed by atoms with Crippen molar-refractivity contribution in [3.8, 4) is 0 Å². The minimum absolute atomic E-state index is 0.467. The van der Waals surface area contributed by atoms with E-state index in [4.69, 9.17) is 17.0 Å². The molecular weight excluding hydrogens is 244 g/mol. The van der Waals surface area contributed by atoms with Crippen molar-refractivity contribution in [2.24, 2.45) is 5.41 Å². The summed E-state index contributed by atoms with van der Waals surface area (Å²) in [6.45, 7) is 1.87. The molecule has 2 rings (SSSR count). The van der Waals surface area contributed by atoms with E-state index in [1.165, 1.54) is 44.9 Å². The largest absolute Gasteiger partial charge is 0.385 e. The number of methoxy groups -OCH3 is 1. The lowest BCUT2D eigenvalue weighted by atomic mass is 9.96. The first-order chi connectivity index (χ1) is 8.74. The summed E-state index contributed by atoms with van der Waals surface area (Å²) in [5, 5.41) is 7.72. The van der Waals surface area contributed by atoms with Gasteiger partial charge in [-0.05, 0) is 49.7 Å². The smallest absolute Gasteiger partial charge is 0.166 e. The molecule has 4 heteroatoms.